The van der Waals surface area contributed by atoms with Gasteiger partial charge >= 0.3 is 0 Å². The number of anilines is 1. The second kappa shape index (κ2) is 4.59. The number of para-hydroxylation sites is 1. The first-order valence-corrected chi connectivity index (χ1v) is 7.91. The normalized spacial score (nSPS) is 34.0. The first-order valence-electron chi connectivity index (χ1n) is 7.91. The summed E-state index contributed by atoms with van der Waals surface area (Å²) in [5.41, 5.74) is 8.19. The first kappa shape index (κ1) is 12.4. The highest BCUT2D eigenvalue weighted by atomic mass is 16.2. The van der Waals surface area contributed by atoms with Crippen LogP contribution in [0.25, 0.3) is 0 Å². The molecule has 3 aliphatic rings. The minimum Gasteiger partial charge on any atom is -0.330 e. The molecule has 0 spiro atoms. The SMILES string of the molecule is NCCC1CN(C(=O)C2C3CCCC32)c2ccccc21. The van der Waals surface area contributed by atoms with Gasteiger partial charge in [0.15, 0.2) is 0 Å². The number of nitrogens with two attached hydrogens (primary N) is 1. The van der Waals surface area contributed by atoms with Gasteiger partial charge in [0.25, 0.3) is 0 Å². The zero-order valence-electron chi connectivity index (χ0n) is 11.8. The largest absolute Gasteiger partial charge is 0.330 e. The molecule has 0 bridgehead atoms. The average Bonchev–Trinajstić information content (AvgIpc) is 2.84. The molecule has 0 radical (unpaired) electrons. The van der Waals surface area contributed by atoms with Gasteiger partial charge < -0.3 is 10.6 Å². The Hall–Kier alpha value is -1.35. The second-order valence-electron chi connectivity index (χ2n) is 6.57. The van der Waals surface area contributed by atoms with Crippen LogP contribution < -0.4 is 10.6 Å². The summed E-state index contributed by atoms with van der Waals surface area (Å²) in [7, 11) is 0. The van der Waals surface area contributed by atoms with Gasteiger partial charge in [-0.1, -0.05) is 24.6 Å². The average molecular weight is 270 g/mol. The first-order chi connectivity index (χ1) is 9.81. The second-order valence-corrected chi connectivity index (χ2v) is 6.57. The number of fused-ring (bicyclic) bond motifs is 2. The summed E-state index contributed by atoms with van der Waals surface area (Å²) in [6.45, 7) is 1.53. The highest BCUT2D eigenvalue weighted by Gasteiger charge is 2.58. The van der Waals surface area contributed by atoms with Crippen molar-refractivity contribution in [1.29, 1.82) is 0 Å². The van der Waals surface area contributed by atoms with Gasteiger partial charge in [-0.2, -0.15) is 0 Å². The maximum atomic E-state index is 12.8. The molecule has 0 aromatic heterocycles. The maximum Gasteiger partial charge on any atom is 0.230 e. The summed E-state index contributed by atoms with van der Waals surface area (Å²) >= 11 is 0. The molecule has 1 heterocycles. The van der Waals surface area contributed by atoms with Crippen molar-refractivity contribution in [2.24, 2.45) is 23.5 Å². The lowest BCUT2D eigenvalue weighted by molar-refractivity contribution is -0.120. The number of hydrogen-bond donors (Lipinski definition) is 1. The van der Waals surface area contributed by atoms with Crippen LogP contribution in [0.5, 0.6) is 0 Å². The molecule has 3 nitrogen and oxygen atoms in total. The van der Waals surface area contributed by atoms with Gasteiger partial charge in [0.1, 0.15) is 0 Å². The standard InChI is InChI=1S/C17H22N2O/c18-9-8-11-10-19(15-7-2-1-4-12(11)15)17(20)16-13-5-3-6-14(13)16/h1-2,4,7,11,13-14,16H,3,5-6,8-10,18H2. The van der Waals surface area contributed by atoms with E-state index in [0.29, 0.717) is 36.1 Å². The minimum atomic E-state index is 0.327. The molecule has 3 atom stereocenters. The molecule has 2 N–H and O–H groups in total. The topological polar surface area (TPSA) is 46.3 Å². The molecule has 4 rings (SSSR count). The van der Waals surface area contributed by atoms with Gasteiger partial charge in [-0.15, -0.1) is 0 Å². The fraction of sp³-hybridized carbons (Fsp3) is 0.588. The van der Waals surface area contributed by atoms with Crippen LogP contribution in [0, 0.1) is 17.8 Å². The van der Waals surface area contributed by atoms with E-state index in [-0.39, 0.29) is 0 Å². The fourth-order valence-electron chi connectivity index (χ4n) is 4.52. The predicted molar refractivity (Wildman–Crippen MR) is 79.5 cm³/mol. The van der Waals surface area contributed by atoms with Crippen LogP contribution in [0.1, 0.15) is 37.2 Å². The summed E-state index contributed by atoms with van der Waals surface area (Å²) in [4.78, 5) is 14.9. The van der Waals surface area contributed by atoms with E-state index in [0.717, 1.165) is 18.7 Å². The number of rotatable bonds is 3. The third kappa shape index (κ3) is 1.72. The molecular formula is C17H22N2O. The van der Waals surface area contributed by atoms with E-state index in [9.17, 15) is 4.79 Å². The number of carbonyl (C=O) groups excluding carboxylic acids is 1. The molecule has 1 aromatic rings. The fourth-order valence-corrected chi connectivity index (χ4v) is 4.52. The zero-order valence-corrected chi connectivity index (χ0v) is 11.8. The molecule has 1 aromatic carbocycles. The maximum absolute atomic E-state index is 12.8. The lowest BCUT2D eigenvalue weighted by Crippen LogP contribution is -2.32. The molecule has 2 saturated carbocycles. The van der Waals surface area contributed by atoms with Gasteiger partial charge in [-0.3, -0.25) is 4.79 Å². The summed E-state index contributed by atoms with van der Waals surface area (Å²) in [6.07, 6.45) is 4.83. The summed E-state index contributed by atoms with van der Waals surface area (Å²) in [5, 5.41) is 0. The highest BCUT2D eigenvalue weighted by molar-refractivity contribution is 5.99. The van der Waals surface area contributed by atoms with Gasteiger partial charge in [-0.05, 0) is 49.3 Å². The van der Waals surface area contributed by atoms with E-state index in [1.54, 1.807) is 0 Å². The number of nitrogens with zero attached hydrogens (tertiary/aromatic N) is 1. The highest BCUT2D eigenvalue weighted by Crippen LogP contribution is 2.58. The van der Waals surface area contributed by atoms with Crippen LogP contribution in [0.2, 0.25) is 0 Å². The molecule has 3 unspecified atom stereocenters. The molecule has 2 fully saturated rings. The van der Waals surface area contributed by atoms with Gasteiger partial charge in [0, 0.05) is 24.1 Å². The third-order valence-corrected chi connectivity index (χ3v) is 5.54. The van der Waals surface area contributed by atoms with Gasteiger partial charge in [0.05, 0.1) is 0 Å². The van der Waals surface area contributed by atoms with E-state index in [4.69, 9.17) is 5.73 Å². The quantitative estimate of drug-likeness (QED) is 0.917. The van der Waals surface area contributed by atoms with Crippen LogP contribution >= 0.6 is 0 Å². The van der Waals surface area contributed by atoms with E-state index in [1.165, 1.54) is 24.8 Å². The Balaban J connectivity index is 1.59. The third-order valence-electron chi connectivity index (χ3n) is 5.54. The monoisotopic (exact) mass is 270 g/mol. The molecule has 1 amide bonds. The van der Waals surface area contributed by atoms with Crippen LogP contribution in [0.3, 0.4) is 0 Å². The smallest absolute Gasteiger partial charge is 0.230 e. The molecule has 106 valence electrons. The predicted octanol–water partition coefficient (Wildman–Crippen LogP) is 2.51. The number of hydrogen-bond acceptors (Lipinski definition) is 2. The Kier molecular flexibility index (Phi) is 2.84. The summed E-state index contributed by atoms with van der Waals surface area (Å²) in [6, 6.07) is 8.37. The summed E-state index contributed by atoms with van der Waals surface area (Å²) < 4.78 is 0. The van der Waals surface area contributed by atoms with Crippen LogP contribution in [-0.2, 0) is 4.79 Å². The van der Waals surface area contributed by atoms with Crippen molar-refractivity contribution >= 4 is 11.6 Å². The lowest BCUT2D eigenvalue weighted by atomic mass is 9.98. The Bertz CT molecular complexity index is 532. The molecule has 3 heteroatoms. The zero-order chi connectivity index (χ0) is 13.7. The molecule has 0 saturated heterocycles. The van der Waals surface area contributed by atoms with E-state index in [1.807, 2.05) is 6.07 Å². The number of benzene rings is 1. The molecule has 2 aliphatic carbocycles. The van der Waals surface area contributed by atoms with Crippen molar-refractivity contribution in [2.45, 2.75) is 31.6 Å². The van der Waals surface area contributed by atoms with Crippen LogP contribution in [0.15, 0.2) is 24.3 Å². The van der Waals surface area contributed by atoms with Crippen molar-refractivity contribution in [2.75, 3.05) is 18.0 Å². The van der Waals surface area contributed by atoms with Crippen molar-refractivity contribution in [3.8, 4) is 0 Å². The van der Waals surface area contributed by atoms with E-state index in [2.05, 4.69) is 23.1 Å². The van der Waals surface area contributed by atoms with Crippen molar-refractivity contribution in [3.05, 3.63) is 29.8 Å². The van der Waals surface area contributed by atoms with Crippen LogP contribution in [0.4, 0.5) is 5.69 Å². The molecular weight excluding hydrogens is 248 g/mol. The number of carbonyl (C=O) groups is 1. The van der Waals surface area contributed by atoms with Gasteiger partial charge in [0.2, 0.25) is 5.91 Å². The van der Waals surface area contributed by atoms with E-state index < -0.39 is 0 Å². The number of amides is 1. The minimum absolute atomic E-state index is 0.327. The van der Waals surface area contributed by atoms with E-state index >= 15 is 0 Å². The van der Waals surface area contributed by atoms with Gasteiger partial charge in [-0.25, -0.2) is 0 Å². The van der Waals surface area contributed by atoms with Crippen molar-refractivity contribution < 1.29 is 4.79 Å². The lowest BCUT2D eigenvalue weighted by Gasteiger charge is -2.19. The van der Waals surface area contributed by atoms with Crippen molar-refractivity contribution in [3.63, 3.8) is 0 Å². The Morgan fingerprint density at radius 3 is 2.75 bits per heavy atom. The molecule has 1 aliphatic heterocycles. The van der Waals surface area contributed by atoms with Crippen molar-refractivity contribution in [1.82, 2.24) is 0 Å². The Labute approximate surface area is 120 Å². The van der Waals surface area contributed by atoms with Crippen LogP contribution in [-0.4, -0.2) is 19.0 Å². The Morgan fingerprint density at radius 1 is 1.25 bits per heavy atom. The molecule has 20 heavy (non-hydrogen) atoms. The Morgan fingerprint density at radius 2 is 2.00 bits per heavy atom. The summed E-state index contributed by atoms with van der Waals surface area (Å²) in [5.74, 6) is 2.53.